The Morgan fingerprint density at radius 2 is 1.78 bits per heavy atom. The standard InChI is InChI=1S/C18H18Cl2N4O3/c1-21-16-11-13(3-5-17(16)24(26)27)22-6-8-23(9-7-22)18(25)12-2-4-14(19)15(20)10-12/h2-5,10-11,21H,6-9H2,1H3. The Morgan fingerprint density at radius 3 is 2.37 bits per heavy atom. The van der Waals surface area contributed by atoms with Crippen LogP contribution in [0.4, 0.5) is 17.1 Å². The van der Waals surface area contributed by atoms with Gasteiger partial charge in [-0.25, -0.2) is 0 Å². The molecule has 2 aromatic rings. The molecule has 0 saturated carbocycles. The second-order valence-electron chi connectivity index (χ2n) is 6.12. The molecule has 0 radical (unpaired) electrons. The van der Waals surface area contributed by atoms with E-state index in [4.69, 9.17) is 23.2 Å². The van der Waals surface area contributed by atoms with E-state index in [9.17, 15) is 14.9 Å². The van der Waals surface area contributed by atoms with Gasteiger partial charge in [0.05, 0.1) is 15.0 Å². The first-order chi connectivity index (χ1) is 12.9. The van der Waals surface area contributed by atoms with Gasteiger partial charge >= 0.3 is 0 Å². The predicted octanol–water partition coefficient (Wildman–Crippen LogP) is 3.91. The number of hydrogen-bond acceptors (Lipinski definition) is 5. The number of anilines is 2. The monoisotopic (exact) mass is 408 g/mol. The Kier molecular flexibility index (Phi) is 5.72. The van der Waals surface area contributed by atoms with Crippen LogP contribution in [0.1, 0.15) is 10.4 Å². The van der Waals surface area contributed by atoms with Gasteiger partial charge in [-0.05, 0) is 30.3 Å². The van der Waals surface area contributed by atoms with E-state index in [1.54, 1.807) is 42.3 Å². The molecule has 27 heavy (non-hydrogen) atoms. The summed E-state index contributed by atoms with van der Waals surface area (Å²) in [4.78, 5) is 27.2. The molecule has 7 nitrogen and oxygen atoms in total. The van der Waals surface area contributed by atoms with Crippen LogP contribution in [0, 0.1) is 10.1 Å². The molecule has 0 aliphatic carbocycles. The summed E-state index contributed by atoms with van der Waals surface area (Å²) in [5.41, 5.74) is 1.89. The largest absolute Gasteiger partial charge is 0.383 e. The van der Waals surface area contributed by atoms with E-state index < -0.39 is 4.92 Å². The van der Waals surface area contributed by atoms with E-state index in [1.807, 2.05) is 0 Å². The summed E-state index contributed by atoms with van der Waals surface area (Å²) in [6, 6.07) is 9.84. The van der Waals surface area contributed by atoms with Crippen molar-refractivity contribution in [3.05, 3.63) is 62.1 Å². The summed E-state index contributed by atoms with van der Waals surface area (Å²) in [6.45, 7) is 2.36. The number of carbonyl (C=O) groups is 1. The quantitative estimate of drug-likeness (QED) is 0.612. The Morgan fingerprint density at radius 1 is 1.07 bits per heavy atom. The maximum Gasteiger partial charge on any atom is 0.292 e. The SMILES string of the molecule is CNc1cc(N2CCN(C(=O)c3ccc(Cl)c(Cl)c3)CC2)ccc1[N+](=O)[O-]. The van der Waals surface area contributed by atoms with Gasteiger partial charge in [-0.3, -0.25) is 14.9 Å². The molecule has 1 fully saturated rings. The van der Waals surface area contributed by atoms with Crippen LogP contribution in [0.25, 0.3) is 0 Å². The van der Waals surface area contributed by atoms with E-state index in [0.717, 1.165) is 5.69 Å². The predicted molar refractivity (Wildman–Crippen MR) is 107 cm³/mol. The summed E-state index contributed by atoms with van der Waals surface area (Å²) in [5, 5.41) is 14.7. The second kappa shape index (κ2) is 8.02. The molecule has 1 N–H and O–H groups in total. The average molecular weight is 409 g/mol. The minimum absolute atomic E-state index is 0.0367. The van der Waals surface area contributed by atoms with Gasteiger partial charge in [0, 0.05) is 50.5 Å². The summed E-state index contributed by atoms with van der Waals surface area (Å²) in [7, 11) is 1.65. The zero-order valence-electron chi connectivity index (χ0n) is 14.6. The zero-order chi connectivity index (χ0) is 19.6. The molecule has 9 heteroatoms. The molecule has 1 aliphatic heterocycles. The topological polar surface area (TPSA) is 78.7 Å². The van der Waals surface area contributed by atoms with Crippen molar-refractivity contribution in [1.29, 1.82) is 0 Å². The van der Waals surface area contributed by atoms with Crippen molar-refractivity contribution >= 4 is 46.2 Å². The molecule has 1 heterocycles. The number of benzene rings is 2. The Bertz CT molecular complexity index is 883. The summed E-state index contributed by atoms with van der Waals surface area (Å²) < 4.78 is 0. The van der Waals surface area contributed by atoms with E-state index in [0.29, 0.717) is 47.5 Å². The third kappa shape index (κ3) is 4.09. The Balaban J connectivity index is 1.69. The molecule has 1 saturated heterocycles. The number of carbonyl (C=O) groups excluding carboxylic acids is 1. The molecule has 0 atom stereocenters. The lowest BCUT2D eigenvalue weighted by atomic mass is 10.1. The highest BCUT2D eigenvalue weighted by Gasteiger charge is 2.24. The van der Waals surface area contributed by atoms with Crippen molar-refractivity contribution in [3.8, 4) is 0 Å². The van der Waals surface area contributed by atoms with Gasteiger partial charge < -0.3 is 15.1 Å². The van der Waals surface area contributed by atoms with E-state index in [-0.39, 0.29) is 11.6 Å². The molecule has 142 valence electrons. The molecule has 0 unspecified atom stereocenters. The van der Waals surface area contributed by atoms with E-state index >= 15 is 0 Å². The number of nitrogens with zero attached hydrogens (tertiary/aromatic N) is 3. The van der Waals surface area contributed by atoms with Gasteiger partial charge in [-0.15, -0.1) is 0 Å². The van der Waals surface area contributed by atoms with Crippen LogP contribution >= 0.6 is 23.2 Å². The maximum absolute atomic E-state index is 12.6. The number of nitrogens with one attached hydrogen (secondary N) is 1. The first kappa shape index (κ1) is 19.3. The van der Waals surface area contributed by atoms with Gasteiger partial charge in [-0.2, -0.15) is 0 Å². The zero-order valence-corrected chi connectivity index (χ0v) is 16.1. The number of nitro groups is 1. The minimum Gasteiger partial charge on any atom is -0.383 e. The second-order valence-corrected chi connectivity index (χ2v) is 6.93. The van der Waals surface area contributed by atoms with Crippen LogP contribution in [0.5, 0.6) is 0 Å². The molecular weight excluding hydrogens is 391 g/mol. The van der Waals surface area contributed by atoms with Crippen LogP contribution in [0.15, 0.2) is 36.4 Å². The molecule has 0 aromatic heterocycles. The van der Waals surface area contributed by atoms with Gasteiger partial charge in [0.15, 0.2) is 0 Å². The highest BCUT2D eigenvalue weighted by Crippen LogP contribution is 2.30. The third-order valence-corrected chi connectivity index (χ3v) is 5.28. The van der Waals surface area contributed by atoms with Gasteiger partial charge in [0.2, 0.25) is 0 Å². The number of halogens is 2. The first-order valence-electron chi connectivity index (χ1n) is 8.36. The summed E-state index contributed by atoms with van der Waals surface area (Å²) in [5.74, 6) is -0.0900. The fourth-order valence-electron chi connectivity index (χ4n) is 3.06. The van der Waals surface area contributed by atoms with Crippen molar-refractivity contribution in [1.82, 2.24) is 4.90 Å². The van der Waals surface area contributed by atoms with Crippen molar-refractivity contribution in [2.45, 2.75) is 0 Å². The van der Waals surface area contributed by atoms with Crippen molar-refractivity contribution in [3.63, 3.8) is 0 Å². The molecular formula is C18H18Cl2N4O3. The lowest BCUT2D eigenvalue weighted by molar-refractivity contribution is -0.383. The maximum atomic E-state index is 12.6. The van der Waals surface area contributed by atoms with Gasteiger partial charge in [0.1, 0.15) is 5.69 Å². The number of amides is 1. The van der Waals surface area contributed by atoms with Crippen molar-refractivity contribution in [2.75, 3.05) is 43.4 Å². The van der Waals surface area contributed by atoms with Crippen LogP contribution in [0.2, 0.25) is 10.0 Å². The average Bonchev–Trinajstić information content (AvgIpc) is 2.69. The highest BCUT2D eigenvalue weighted by atomic mass is 35.5. The molecule has 2 aromatic carbocycles. The lowest BCUT2D eigenvalue weighted by Gasteiger charge is -2.36. The highest BCUT2D eigenvalue weighted by molar-refractivity contribution is 6.42. The van der Waals surface area contributed by atoms with E-state index in [1.165, 1.54) is 6.07 Å². The van der Waals surface area contributed by atoms with Crippen LogP contribution < -0.4 is 10.2 Å². The third-order valence-electron chi connectivity index (χ3n) is 4.54. The fraction of sp³-hybridized carbons (Fsp3) is 0.278. The van der Waals surface area contributed by atoms with E-state index in [2.05, 4.69) is 10.2 Å². The van der Waals surface area contributed by atoms with Gasteiger partial charge in [0.25, 0.3) is 11.6 Å². The summed E-state index contributed by atoms with van der Waals surface area (Å²) in [6.07, 6.45) is 0. The van der Waals surface area contributed by atoms with Crippen LogP contribution in [0.3, 0.4) is 0 Å². The molecule has 0 bridgehead atoms. The van der Waals surface area contributed by atoms with Crippen LogP contribution in [-0.2, 0) is 0 Å². The smallest absolute Gasteiger partial charge is 0.292 e. The minimum atomic E-state index is -0.413. The normalized spacial score (nSPS) is 14.2. The summed E-state index contributed by atoms with van der Waals surface area (Å²) >= 11 is 11.9. The molecule has 3 rings (SSSR count). The lowest BCUT2D eigenvalue weighted by Crippen LogP contribution is -2.48. The van der Waals surface area contributed by atoms with Gasteiger partial charge in [-0.1, -0.05) is 23.2 Å². The number of rotatable bonds is 4. The van der Waals surface area contributed by atoms with Crippen LogP contribution in [-0.4, -0.2) is 49.0 Å². The Labute approximate surface area is 166 Å². The molecule has 1 amide bonds. The first-order valence-corrected chi connectivity index (χ1v) is 9.11. The molecule has 1 aliphatic rings. The number of hydrogen-bond donors (Lipinski definition) is 1. The number of piperazine rings is 1. The van der Waals surface area contributed by atoms with Crippen molar-refractivity contribution < 1.29 is 9.72 Å². The number of nitro benzene ring substituents is 1. The fourth-order valence-corrected chi connectivity index (χ4v) is 3.36. The van der Waals surface area contributed by atoms with Crippen molar-refractivity contribution in [2.24, 2.45) is 0 Å². The molecule has 0 spiro atoms. The Hall–Kier alpha value is -2.51.